The molecule has 1 atom stereocenters. The van der Waals surface area contributed by atoms with Crippen LogP contribution in [0.3, 0.4) is 0 Å². The molecular formula is C15H21N. The Morgan fingerprint density at radius 2 is 1.94 bits per heavy atom. The van der Waals surface area contributed by atoms with Crippen molar-refractivity contribution in [3.63, 3.8) is 0 Å². The predicted octanol–water partition coefficient (Wildman–Crippen LogP) is 3.45. The van der Waals surface area contributed by atoms with Crippen LogP contribution in [-0.2, 0) is 6.42 Å². The lowest BCUT2D eigenvalue weighted by Crippen LogP contribution is -2.23. The van der Waals surface area contributed by atoms with E-state index < -0.39 is 0 Å². The van der Waals surface area contributed by atoms with E-state index in [9.17, 15) is 0 Å². The van der Waals surface area contributed by atoms with Gasteiger partial charge in [0, 0.05) is 6.04 Å². The summed E-state index contributed by atoms with van der Waals surface area (Å²) in [7, 11) is 0. The summed E-state index contributed by atoms with van der Waals surface area (Å²) in [6.45, 7) is 1.24. The van der Waals surface area contributed by atoms with Crippen molar-refractivity contribution >= 4 is 0 Å². The average Bonchev–Trinajstić information content (AvgIpc) is 3.13. The Morgan fingerprint density at radius 1 is 1.06 bits per heavy atom. The van der Waals surface area contributed by atoms with Crippen LogP contribution >= 0.6 is 0 Å². The molecule has 0 bridgehead atoms. The first-order valence-electron chi connectivity index (χ1n) is 6.74. The summed E-state index contributed by atoms with van der Waals surface area (Å²) in [5, 5.41) is 3.78. The molecule has 1 heteroatoms. The summed E-state index contributed by atoms with van der Waals surface area (Å²) in [4.78, 5) is 0. The smallest absolute Gasteiger partial charge is 0.0323 e. The molecule has 1 N–H and O–H groups in total. The minimum atomic E-state index is 0.624. The molecule has 0 heterocycles. The van der Waals surface area contributed by atoms with Gasteiger partial charge in [-0.25, -0.2) is 0 Å². The van der Waals surface area contributed by atoms with Gasteiger partial charge >= 0.3 is 0 Å². The van der Waals surface area contributed by atoms with Crippen LogP contribution in [-0.4, -0.2) is 6.54 Å². The Balaban J connectivity index is 1.75. The molecule has 2 aliphatic carbocycles. The summed E-state index contributed by atoms with van der Waals surface area (Å²) in [5.74, 6) is 0.982. The van der Waals surface area contributed by atoms with Gasteiger partial charge in [-0.2, -0.15) is 0 Å². The van der Waals surface area contributed by atoms with Gasteiger partial charge in [-0.15, -0.1) is 0 Å². The van der Waals surface area contributed by atoms with Gasteiger partial charge in [-0.1, -0.05) is 30.7 Å². The Kier molecular flexibility index (Phi) is 2.96. The molecule has 1 fully saturated rings. The number of hydrogen-bond donors (Lipinski definition) is 1. The minimum Gasteiger partial charge on any atom is -0.310 e. The van der Waals surface area contributed by atoms with E-state index in [1.165, 1.54) is 45.1 Å². The molecule has 0 aromatic heterocycles. The number of benzene rings is 1. The molecule has 0 amide bonds. The Hall–Kier alpha value is -0.820. The van der Waals surface area contributed by atoms with Crippen LogP contribution in [0.15, 0.2) is 24.3 Å². The van der Waals surface area contributed by atoms with Crippen LogP contribution in [0.1, 0.15) is 49.3 Å². The highest BCUT2D eigenvalue weighted by Crippen LogP contribution is 2.32. The van der Waals surface area contributed by atoms with Crippen LogP contribution in [0.2, 0.25) is 0 Å². The van der Waals surface area contributed by atoms with Crippen molar-refractivity contribution < 1.29 is 0 Å². The number of fused-ring (bicyclic) bond motifs is 1. The zero-order chi connectivity index (χ0) is 10.8. The lowest BCUT2D eigenvalue weighted by Gasteiger charge is -2.19. The van der Waals surface area contributed by atoms with Gasteiger partial charge in [0.05, 0.1) is 0 Å². The molecule has 0 aliphatic heterocycles. The third-order valence-electron chi connectivity index (χ3n) is 3.97. The fourth-order valence-electron chi connectivity index (χ4n) is 2.76. The molecule has 0 saturated heterocycles. The van der Waals surface area contributed by atoms with E-state index in [4.69, 9.17) is 0 Å². The van der Waals surface area contributed by atoms with Crippen molar-refractivity contribution in [2.75, 3.05) is 6.54 Å². The topological polar surface area (TPSA) is 12.0 Å². The highest BCUT2D eigenvalue weighted by Gasteiger charge is 2.24. The Bertz CT molecular complexity index is 354. The lowest BCUT2D eigenvalue weighted by atomic mass is 9.99. The van der Waals surface area contributed by atoms with E-state index in [-0.39, 0.29) is 0 Å². The molecule has 1 aromatic carbocycles. The minimum absolute atomic E-state index is 0.624. The zero-order valence-corrected chi connectivity index (χ0v) is 9.91. The van der Waals surface area contributed by atoms with E-state index >= 15 is 0 Å². The van der Waals surface area contributed by atoms with Crippen molar-refractivity contribution in [1.82, 2.24) is 5.32 Å². The van der Waals surface area contributed by atoms with Gasteiger partial charge in [-0.05, 0) is 55.7 Å². The molecule has 86 valence electrons. The number of rotatable bonds is 3. The van der Waals surface area contributed by atoms with Crippen molar-refractivity contribution in [3.8, 4) is 0 Å². The van der Waals surface area contributed by atoms with E-state index in [0.29, 0.717) is 6.04 Å². The highest BCUT2D eigenvalue weighted by molar-refractivity contribution is 5.31. The lowest BCUT2D eigenvalue weighted by molar-refractivity contribution is 0.477. The van der Waals surface area contributed by atoms with Crippen molar-refractivity contribution in [1.29, 1.82) is 0 Å². The second-order valence-corrected chi connectivity index (χ2v) is 5.35. The first-order chi connectivity index (χ1) is 7.93. The van der Waals surface area contributed by atoms with E-state index in [0.717, 1.165) is 5.92 Å². The highest BCUT2D eigenvalue weighted by atomic mass is 14.9. The van der Waals surface area contributed by atoms with E-state index in [1.54, 1.807) is 11.1 Å². The molecule has 2 aliphatic rings. The fraction of sp³-hybridized carbons (Fsp3) is 0.600. The monoisotopic (exact) mass is 215 g/mol. The maximum atomic E-state index is 3.78. The largest absolute Gasteiger partial charge is 0.310 e. The van der Waals surface area contributed by atoms with Crippen molar-refractivity contribution in [2.45, 2.75) is 44.6 Å². The maximum Gasteiger partial charge on any atom is 0.0323 e. The van der Waals surface area contributed by atoms with Gasteiger partial charge in [0.1, 0.15) is 0 Å². The standard InChI is InChI=1S/C15H21N/c1-3-7-14-13(5-1)6-2-4-8-15(14)16-11-12-9-10-12/h1,3,5,7,12,15-16H,2,4,6,8-11H2. The molecule has 1 saturated carbocycles. The molecule has 1 aromatic rings. The van der Waals surface area contributed by atoms with Crippen molar-refractivity contribution in [2.24, 2.45) is 5.92 Å². The first-order valence-corrected chi connectivity index (χ1v) is 6.74. The van der Waals surface area contributed by atoms with Crippen LogP contribution in [0.4, 0.5) is 0 Å². The third-order valence-corrected chi connectivity index (χ3v) is 3.97. The molecule has 3 rings (SSSR count). The summed E-state index contributed by atoms with van der Waals surface area (Å²) < 4.78 is 0. The predicted molar refractivity (Wildman–Crippen MR) is 67.5 cm³/mol. The molecule has 0 radical (unpaired) electrons. The fourth-order valence-corrected chi connectivity index (χ4v) is 2.76. The molecule has 0 spiro atoms. The summed E-state index contributed by atoms with van der Waals surface area (Å²) in [6, 6.07) is 9.63. The quantitative estimate of drug-likeness (QED) is 0.761. The first kappa shape index (κ1) is 10.3. The molecule has 1 unspecified atom stereocenters. The number of nitrogens with one attached hydrogen (secondary N) is 1. The summed E-state index contributed by atoms with van der Waals surface area (Å²) in [6.07, 6.45) is 8.22. The SMILES string of the molecule is c1ccc2c(c1)CCCCC2NCC1CC1. The second kappa shape index (κ2) is 4.58. The van der Waals surface area contributed by atoms with Gasteiger partial charge < -0.3 is 5.32 Å². The van der Waals surface area contributed by atoms with Gasteiger partial charge in [-0.3, -0.25) is 0 Å². The maximum absolute atomic E-state index is 3.78. The number of aryl methyl sites for hydroxylation is 1. The summed E-state index contributed by atoms with van der Waals surface area (Å²) >= 11 is 0. The van der Waals surface area contributed by atoms with Gasteiger partial charge in [0.25, 0.3) is 0 Å². The second-order valence-electron chi connectivity index (χ2n) is 5.35. The van der Waals surface area contributed by atoms with Crippen LogP contribution in [0.5, 0.6) is 0 Å². The average molecular weight is 215 g/mol. The van der Waals surface area contributed by atoms with E-state index in [2.05, 4.69) is 29.6 Å². The molecule has 1 nitrogen and oxygen atoms in total. The van der Waals surface area contributed by atoms with Gasteiger partial charge in [0.2, 0.25) is 0 Å². The van der Waals surface area contributed by atoms with Crippen molar-refractivity contribution in [3.05, 3.63) is 35.4 Å². The van der Waals surface area contributed by atoms with Crippen LogP contribution < -0.4 is 5.32 Å². The molecule has 16 heavy (non-hydrogen) atoms. The zero-order valence-electron chi connectivity index (χ0n) is 9.91. The Morgan fingerprint density at radius 3 is 2.81 bits per heavy atom. The number of hydrogen-bond acceptors (Lipinski definition) is 1. The third kappa shape index (κ3) is 2.30. The van der Waals surface area contributed by atoms with E-state index in [1.807, 2.05) is 0 Å². The Labute approximate surface area is 98.3 Å². The van der Waals surface area contributed by atoms with Crippen LogP contribution in [0.25, 0.3) is 0 Å². The van der Waals surface area contributed by atoms with Gasteiger partial charge in [0.15, 0.2) is 0 Å². The normalized spacial score (nSPS) is 24.9. The van der Waals surface area contributed by atoms with Crippen LogP contribution in [0, 0.1) is 5.92 Å². The molecular weight excluding hydrogens is 194 g/mol. The summed E-state index contributed by atoms with van der Waals surface area (Å²) in [5.41, 5.74) is 3.15.